The van der Waals surface area contributed by atoms with Crippen LogP contribution in [0.1, 0.15) is 10.4 Å². The van der Waals surface area contributed by atoms with Crippen molar-refractivity contribution in [1.82, 2.24) is 9.88 Å². The summed E-state index contributed by atoms with van der Waals surface area (Å²) in [7, 11) is 1.66. The molecule has 136 valence electrons. The number of amides is 1. The van der Waals surface area contributed by atoms with E-state index in [1.165, 1.54) is 0 Å². The zero-order valence-corrected chi connectivity index (χ0v) is 15.0. The molecule has 1 fully saturated rings. The number of nitrogens with one attached hydrogen (secondary N) is 1. The van der Waals surface area contributed by atoms with Crippen LogP contribution in [-0.4, -0.2) is 55.6 Å². The van der Waals surface area contributed by atoms with E-state index in [0.717, 1.165) is 24.5 Å². The third-order valence-corrected chi connectivity index (χ3v) is 4.44. The summed E-state index contributed by atoms with van der Waals surface area (Å²) in [6.07, 6.45) is 3.42. The van der Waals surface area contributed by atoms with Gasteiger partial charge in [-0.05, 0) is 36.4 Å². The number of benzene rings is 1. The zero-order chi connectivity index (χ0) is 18.4. The van der Waals surface area contributed by atoms with E-state index in [0.29, 0.717) is 31.0 Å². The number of hydrogen-bond donors (Lipinski definition) is 1. The number of piperazine rings is 1. The summed E-state index contributed by atoms with van der Waals surface area (Å²) in [6.45, 7) is 7.30. The van der Waals surface area contributed by atoms with Crippen LogP contribution in [-0.2, 0) is 0 Å². The quantitative estimate of drug-likeness (QED) is 0.810. The Bertz CT molecular complexity index is 753. The van der Waals surface area contributed by atoms with Crippen LogP contribution in [0.15, 0.2) is 55.3 Å². The van der Waals surface area contributed by atoms with Crippen molar-refractivity contribution in [2.45, 2.75) is 0 Å². The second-order valence-corrected chi connectivity index (χ2v) is 6.08. The minimum atomic E-state index is 0.0448. The Balaban J connectivity index is 1.60. The normalized spacial score (nSPS) is 14.0. The van der Waals surface area contributed by atoms with Crippen molar-refractivity contribution >= 4 is 17.4 Å². The molecule has 26 heavy (non-hydrogen) atoms. The molecular weight excluding hydrogens is 328 g/mol. The van der Waals surface area contributed by atoms with E-state index in [1.807, 2.05) is 17.0 Å². The fourth-order valence-corrected chi connectivity index (χ4v) is 2.98. The number of hydrogen-bond acceptors (Lipinski definition) is 5. The van der Waals surface area contributed by atoms with Gasteiger partial charge in [0.1, 0.15) is 11.6 Å². The number of rotatable bonds is 6. The van der Waals surface area contributed by atoms with Crippen LogP contribution in [0.25, 0.3) is 0 Å². The molecule has 1 amide bonds. The maximum absolute atomic E-state index is 12.8. The summed E-state index contributed by atoms with van der Waals surface area (Å²) >= 11 is 0. The molecule has 1 aromatic heterocycles. The third kappa shape index (κ3) is 4.14. The Morgan fingerprint density at radius 3 is 2.62 bits per heavy atom. The zero-order valence-electron chi connectivity index (χ0n) is 15.0. The molecule has 0 unspecified atom stereocenters. The van der Waals surface area contributed by atoms with Crippen molar-refractivity contribution in [3.63, 3.8) is 0 Å². The standard InChI is InChI=1S/C20H24N4O2/c1-3-9-21-19-15-16(8-10-22-19)20(25)24-13-11-23(12-14-24)17-4-6-18(26-2)7-5-17/h3-8,10,15H,1,9,11-14H2,2H3,(H,21,22). The van der Waals surface area contributed by atoms with Crippen molar-refractivity contribution in [1.29, 1.82) is 0 Å². The van der Waals surface area contributed by atoms with Gasteiger partial charge in [0, 0.05) is 50.2 Å². The highest BCUT2D eigenvalue weighted by Gasteiger charge is 2.22. The molecule has 2 aromatic rings. The van der Waals surface area contributed by atoms with Gasteiger partial charge in [0.05, 0.1) is 7.11 Å². The topological polar surface area (TPSA) is 57.7 Å². The Labute approximate surface area is 154 Å². The van der Waals surface area contributed by atoms with Gasteiger partial charge >= 0.3 is 0 Å². The highest BCUT2D eigenvalue weighted by atomic mass is 16.5. The van der Waals surface area contributed by atoms with Crippen molar-refractivity contribution in [2.75, 3.05) is 50.1 Å². The molecule has 0 atom stereocenters. The van der Waals surface area contributed by atoms with E-state index in [-0.39, 0.29) is 5.91 Å². The highest BCUT2D eigenvalue weighted by Crippen LogP contribution is 2.21. The van der Waals surface area contributed by atoms with Gasteiger partial charge < -0.3 is 19.9 Å². The first-order valence-corrected chi connectivity index (χ1v) is 8.70. The van der Waals surface area contributed by atoms with Crippen LogP contribution < -0.4 is 15.0 Å². The summed E-state index contributed by atoms with van der Waals surface area (Å²) in [5.74, 6) is 1.58. The smallest absolute Gasteiger partial charge is 0.254 e. The number of pyridine rings is 1. The second-order valence-electron chi connectivity index (χ2n) is 6.08. The summed E-state index contributed by atoms with van der Waals surface area (Å²) in [5.41, 5.74) is 1.81. The van der Waals surface area contributed by atoms with E-state index in [1.54, 1.807) is 31.5 Å². The lowest BCUT2D eigenvalue weighted by Crippen LogP contribution is -2.48. The molecule has 0 bridgehead atoms. The molecule has 1 N–H and O–H groups in total. The minimum Gasteiger partial charge on any atom is -0.497 e. The number of ether oxygens (including phenoxy) is 1. The van der Waals surface area contributed by atoms with E-state index < -0.39 is 0 Å². The van der Waals surface area contributed by atoms with Gasteiger partial charge in [-0.2, -0.15) is 0 Å². The molecule has 0 aliphatic carbocycles. The first-order chi connectivity index (χ1) is 12.7. The Morgan fingerprint density at radius 2 is 1.96 bits per heavy atom. The molecule has 0 saturated carbocycles. The number of methoxy groups -OCH3 is 1. The van der Waals surface area contributed by atoms with Crippen LogP contribution in [0.4, 0.5) is 11.5 Å². The van der Waals surface area contributed by atoms with Gasteiger partial charge in [-0.25, -0.2) is 4.98 Å². The number of anilines is 2. The number of nitrogens with zero attached hydrogens (tertiary/aromatic N) is 3. The Morgan fingerprint density at radius 1 is 1.23 bits per heavy atom. The Hall–Kier alpha value is -3.02. The Kier molecular flexibility index (Phi) is 5.73. The summed E-state index contributed by atoms with van der Waals surface area (Å²) in [6, 6.07) is 11.6. The predicted octanol–water partition coefficient (Wildman–Crippen LogP) is 2.65. The fourth-order valence-electron chi connectivity index (χ4n) is 2.98. The number of carbonyl (C=O) groups is 1. The monoisotopic (exact) mass is 352 g/mol. The molecule has 2 heterocycles. The summed E-state index contributed by atoms with van der Waals surface area (Å²) in [4.78, 5) is 21.2. The van der Waals surface area contributed by atoms with Gasteiger partial charge in [0.25, 0.3) is 5.91 Å². The van der Waals surface area contributed by atoms with Crippen LogP contribution in [0, 0.1) is 0 Å². The van der Waals surface area contributed by atoms with Crippen molar-refractivity contribution in [3.8, 4) is 5.75 Å². The fraction of sp³-hybridized carbons (Fsp3) is 0.300. The SMILES string of the molecule is C=CCNc1cc(C(=O)N2CCN(c3ccc(OC)cc3)CC2)ccn1. The third-order valence-electron chi connectivity index (χ3n) is 4.44. The van der Waals surface area contributed by atoms with E-state index in [4.69, 9.17) is 4.74 Å². The molecule has 6 nitrogen and oxygen atoms in total. The maximum atomic E-state index is 12.8. The molecule has 6 heteroatoms. The van der Waals surface area contributed by atoms with Crippen LogP contribution in [0.5, 0.6) is 5.75 Å². The molecule has 1 saturated heterocycles. The predicted molar refractivity (Wildman–Crippen MR) is 104 cm³/mol. The number of aromatic nitrogens is 1. The van der Waals surface area contributed by atoms with Crippen LogP contribution in [0.2, 0.25) is 0 Å². The second kappa shape index (κ2) is 8.38. The highest BCUT2D eigenvalue weighted by molar-refractivity contribution is 5.95. The first-order valence-electron chi connectivity index (χ1n) is 8.70. The van der Waals surface area contributed by atoms with E-state index in [9.17, 15) is 4.79 Å². The molecule has 1 aromatic carbocycles. The van der Waals surface area contributed by atoms with Gasteiger partial charge in [-0.1, -0.05) is 6.08 Å². The molecular formula is C20H24N4O2. The molecule has 3 rings (SSSR count). The van der Waals surface area contributed by atoms with Crippen LogP contribution in [0.3, 0.4) is 0 Å². The van der Waals surface area contributed by atoms with Gasteiger partial charge in [-0.3, -0.25) is 4.79 Å². The summed E-state index contributed by atoms with van der Waals surface area (Å²) < 4.78 is 5.20. The van der Waals surface area contributed by atoms with Crippen molar-refractivity contribution in [3.05, 3.63) is 60.8 Å². The largest absolute Gasteiger partial charge is 0.497 e. The lowest BCUT2D eigenvalue weighted by Gasteiger charge is -2.36. The summed E-state index contributed by atoms with van der Waals surface area (Å²) in [5, 5.41) is 3.11. The van der Waals surface area contributed by atoms with E-state index >= 15 is 0 Å². The average molecular weight is 352 g/mol. The molecule has 1 aliphatic heterocycles. The van der Waals surface area contributed by atoms with Gasteiger partial charge in [0.2, 0.25) is 0 Å². The lowest BCUT2D eigenvalue weighted by atomic mass is 10.2. The lowest BCUT2D eigenvalue weighted by molar-refractivity contribution is 0.0746. The molecule has 0 spiro atoms. The van der Waals surface area contributed by atoms with Crippen LogP contribution >= 0.6 is 0 Å². The maximum Gasteiger partial charge on any atom is 0.254 e. The number of carbonyl (C=O) groups excluding carboxylic acids is 1. The molecule has 1 aliphatic rings. The van der Waals surface area contributed by atoms with Gasteiger partial charge in [0.15, 0.2) is 0 Å². The first kappa shape index (κ1) is 17.8. The molecule has 0 radical (unpaired) electrons. The van der Waals surface area contributed by atoms with E-state index in [2.05, 4.69) is 33.9 Å². The van der Waals surface area contributed by atoms with Gasteiger partial charge in [-0.15, -0.1) is 6.58 Å². The van der Waals surface area contributed by atoms with Crippen molar-refractivity contribution < 1.29 is 9.53 Å². The average Bonchev–Trinajstić information content (AvgIpc) is 2.72. The van der Waals surface area contributed by atoms with Crippen molar-refractivity contribution in [2.24, 2.45) is 0 Å². The minimum absolute atomic E-state index is 0.0448.